The number of carboxylic acids is 1. The summed E-state index contributed by atoms with van der Waals surface area (Å²) < 4.78 is 23.8. The lowest BCUT2D eigenvalue weighted by molar-refractivity contribution is 0.0697. The van der Waals surface area contributed by atoms with E-state index < -0.39 is 25.7 Å². The molecule has 7 heteroatoms. The van der Waals surface area contributed by atoms with Crippen LogP contribution in [0.25, 0.3) is 0 Å². The number of carboxylic acid groups (broad SMARTS) is 1. The Hall–Kier alpha value is -1.73. The fourth-order valence-corrected chi connectivity index (χ4v) is 2.15. The van der Waals surface area contributed by atoms with Crippen molar-refractivity contribution in [3.05, 3.63) is 35.4 Å². The van der Waals surface area contributed by atoms with E-state index in [1.54, 1.807) is 0 Å². The Labute approximate surface area is 105 Å². The van der Waals surface area contributed by atoms with Crippen LogP contribution >= 0.6 is 0 Å². The molecule has 0 bridgehead atoms. The molecule has 0 saturated heterocycles. The van der Waals surface area contributed by atoms with Crippen molar-refractivity contribution in [1.29, 1.82) is 5.41 Å². The first kappa shape index (κ1) is 14.3. The SMILES string of the molecule is CC(C)(N)S(=O)(=O)C(=N)c1ccc(C(=O)O)cc1. The second-order valence-corrected chi connectivity index (χ2v) is 6.79. The fourth-order valence-electron chi connectivity index (χ4n) is 1.18. The highest BCUT2D eigenvalue weighted by Gasteiger charge is 2.34. The third-order valence-electron chi connectivity index (χ3n) is 2.36. The first-order valence-corrected chi connectivity index (χ1v) is 6.51. The number of aromatic carboxylic acids is 1. The topological polar surface area (TPSA) is 121 Å². The van der Waals surface area contributed by atoms with Crippen molar-refractivity contribution >= 4 is 20.9 Å². The molecular formula is C11H14N2O4S. The molecule has 0 aliphatic carbocycles. The molecule has 1 rings (SSSR count). The van der Waals surface area contributed by atoms with E-state index in [0.29, 0.717) is 0 Å². The molecule has 0 radical (unpaired) electrons. The molecule has 4 N–H and O–H groups in total. The van der Waals surface area contributed by atoms with Crippen LogP contribution in [0, 0.1) is 5.41 Å². The first-order valence-electron chi connectivity index (χ1n) is 5.03. The van der Waals surface area contributed by atoms with Crippen molar-refractivity contribution in [2.24, 2.45) is 5.73 Å². The van der Waals surface area contributed by atoms with Gasteiger partial charge in [0.25, 0.3) is 0 Å². The summed E-state index contributed by atoms with van der Waals surface area (Å²) in [7, 11) is -3.95. The average Bonchev–Trinajstić information content (AvgIpc) is 2.26. The Morgan fingerprint density at radius 2 is 1.61 bits per heavy atom. The molecule has 0 fully saturated rings. The number of carbonyl (C=O) groups is 1. The molecule has 0 heterocycles. The van der Waals surface area contributed by atoms with Crippen LogP contribution in [0.4, 0.5) is 0 Å². The van der Waals surface area contributed by atoms with Gasteiger partial charge >= 0.3 is 5.97 Å². The van der Waals surface area contributed by atoms with Gasteiger partial charge in [-0.2, -0.15) is 0 Å². The van der Waals surface area contributed by atoms with Crippen molar-refractivity contribution in [3.63, 3.8) is 0 Å². The van der Waals surface area contributed by atoms with Crippen molar-refractivity contribution < 1.29 is 18.3 Å². The molecule has 6 nitrogen and oxygen atoms in total. The van der Waals surface area contributed by atoms with Crippen molar-refractivity contribution in [3.8, 4) is 0 Å². The van der Waals surface area contributed by atoms with E-state index in [1.807, 2.05) is 0 Å². The van der Waals surface area contributed by atoms with E-state index in [0.717, 1.165) is 0 Å². The second-order valence-electron chi connectivity index (χ2n) is 4.32. The van der Waals surface area contributed by atoms with Gasteiger partial charge in [0.15, 0.2) is 5.04 Å². The second kappa shape index (κ2) is 4.51. The molecule has 0 aliphatic rings. The van der Waals surface area contributed by atoms with Gasteiger partial charge in [-0.3, -0.25) is 5.41 Å². The molecule has 0 amide bonds. The summed E-state index contributed by atoms with van der Waals surface area (Å²) in [5.74, 6) is -1.12. The minimum atomic E-state index is -3.95. The number of hydrogen-bond acceptors (Lipinski definition) is 5. The predicted molar refractivity (Wildman–Crippen MR) is 67.4 cm³/mol. The number of rotatable bonds is 3. The molecule has 1 aromatic rings. The number of benzene rings is 1. The number of nitrogens with two attached hydrogens (primary N) is 1. The molecule has 0 aromatic heterocycles. The quantitative estimate of drug-likeness (QED) is 0.554. The highest BCUT2D eigenvalue weighted by molar-refractivity contribution is 8.07. The standard InChI is InChI=1S/C11H14N2O4S/c1-11(2,13)18(16,17)9(12)7-3-5-8(6-4-7)10(14)15/h3-6,12H,13H2,1-2H3,(H,14,15). The van der Waals surface area contributed by atoms with Crippen LogP contribution < -0.4 is 5.73 Å². The summed E-state index contributed by atoms with van der Waals surface area (Å²) in [6.45, 7) is 2.59. The zero-order valence-corrected chi connectivity index (χ0v) is 10.8. The third-order valence-corrected chi connectivity index (χ3v) is 4.51. The molecular weight excluding hydrogens is 256 g/mol. The maximum atomic E-state index is 11.9. The smallest absolute Gasteiger partial charge is 0.335 e. The summed E-state index contributed by atoms with van der Waals surface area (Å²) in [4.78, 5) is 9.09. The molecule has 1 aromatic carbocycles. The summed E-state index contributed by atoms with van der Waals surface area (Å²) in [6.07, 6.45) is 0. The van der Waals surface area contributed by atoms with E-state index >= 15 is 0 Å². The van der Waals surface area contributed by atoms with Crippen LogP contribution in [-0.2, 0) is 9.84 Å². The van der Waals surface area contributed by atoms with Crippen LogP contribution in [0.5, 0.6) is 0 Å². The van der Waals surface area contributed by atoms with Crippen LogP contribution in [0.1, 0.15) is 29.8 Å². The monoisotopic (exact) mass is 270 g/mol. The van der Waals surface area contributed by atoms with Gasteiger partial charge in [0, 0.05) is 5.56 Å². The van der Waals surface area contributed by atoms with Gasteiger partial charge < -0.3 is 10.8 Å². The summed E-state index contributed by atoms with van der Waals surface area (Å²) >= 11 is 0. The van der Waals surface area contributed by atoms with Crippen LogP contribution in [-0.4, -0.2) is 29.4 Å². The maximum absolute atomic E-state index is 11.9. The third kappa shape index (κ3) is 2.57. The number of hydrogen-bond donors (Lipinski definition) is 3. The highest BCUT2D eigenvalue weighted by Crippen LogP contribution is 2.17. The van der Waals surface area contributed by atoms with Gasteiger partial charge in [-0.05, 0) is 26.0 Å². The molecule has 98 valence electrons. The van der Waals surface area contributed by atoms with Crippen LogP contribution in [0.15, 0.2) is 24.3 Å². The Kier molecular flexibility index (Phi) is 3.59. The van der Waals surface area contributed by atoms with Crippen molar-refractivity contribution in [1.82, 2.24) is 0 Å². The maximum Gasteiger partial charge on any atom is 0.335 e. The molecule has 0 unspecified atom stereocenters. The van der Waals surface area contributed by atoms with E-state index in [2.05, 4.69) is 0 Å². The lowest BCUT2D eigenvalue weighted by Crippen LogP contribution is -2.45. The van der Waals surface area contributed by atoms with Gasteiger partial charge in [-0.15, -0.1) is 0 Å². The normalized spacial score (nSPS) is 12.2. The van der Waals surface area contributed by atoms with Crippen molar-refractivity contribution in [2.45, 2.75) is 18.7 Å². The highest BCUT2D eigenvalue weighted by atomic mass is 32.2. The minimum Gasteiger partial charge on any atom is -0.478 e. The number of sulfone groups is 1. The summed E-state index contributed by atoms with van der Waals surface area (Å²) in [6, 6.07) is 5.03. The minimum absolute atomic E-state index is 0.0240. The molecule has 0 saturated carbocycles. The number of nitrogens with one attached hydrogen (secondary N) is 1. The van der Waals surface area contributed by atoms with E-state index in [4.69, 9.17) is 16.2 Å². The predicted octanol–water partition coefficient (Wildman–Crippen LogP) is 0.820. The first-order chi connectivity index (χ1) is 8.07. The van der Waals surface area contributed by atoms with E-state index in [-0.39, 0.29) is 11.1 Å². The van der Waals surface area contributed by atoms with Gasteiger partial charge in [0.05, 0.1) is 5.56 Å². The Balaban J connectivity index is 3.18. The van der Waals surface area contributed by atoms with Gasteiger partial charge in [-0.1, -0.05) is 12.1 Å². The Morgan fingerprint density at radius 3 is 1.94 bits per heavy atom. The summed E-state index contributed by atoms with van der Waals surface area (Å²) in [5.41, 5.74) is 5.64. The van der Waals surface area contributed by atoms with Crippen LogP contribution in [0.3, 0.4) is 0 Å². The molecule has 18 heavy (non-hydrogen) atoms. The van der Waals surface area contributed by atoms with Gasteiger partial charge in [-0.25, -0.2) is 13.2 Å². The van der Waals surface area contributed by atoms with Gasteiger partial charge in [0.1, 0.15) is 4.87 Å². The Morgan fingerprint density at radius 1 is 1.22 bits per heavy atom. The molecule has 0 atom stereocenters. The zero-order chi connectivity index (χ0) is 14.1. The zero-order valence-electron chi connectivity index (χ0n) is 9.97. The fraction of sp³-hybridized carbons (Fsp3) is 0.273. The lowest BCUT2D eigenvalue weighted by Gasteiger charge is -2.19. The molecule has 0 spiro atoms. The Bertz CT molecular complexity index is 582. The van der Waals surface area contributed by atoms with E-state index in [9.17, 15) is 13.2 Å². The van der Waals surface area contributed by atoms with E-state index in [1.165, 1.54) is 38.1 Å². The van der Waals surface area contributed by atoms with Crippen molar-refractivity contribution in [2.75, 3.05) is 0 Å². The largest absolute Gasteiger partial charge is 0.478 e. The van der Waals surface area contributed by atoms with Crippen LogP contribution in [0.2, 0.25) is 0 Å². The molecule has 0 aliphatic heterocycles. The van der Waals surface area contributed by atoms with Gasteiger partial charge in [0.2, 0.25) is 9.84 Å². The summed E-state index contributed by atoms with van der Waals surface area (Å²) in [5, 5.41) is 15.7. The average molecular weight is 270 g/mol. The lowest BCUT2D eigenvalue weighted by atomic mass is 10.1.